The zero-order chi connectivity index (χ0) is 17.8. The Labute approximate surface area is 150 Å². The van der Waals surface area contributed by atoms with Crippen LogP contribution in [0.25, 0.3) is 16.9 Å². The Bertz CT molecular complexity index is 995. The molecule has 0 aliphatic heterocycles. The highest BCUT2D eigenvalue weighted by molar-refractivity contribution is 6.04. The van der Waals surface area contributed by atoms with Crippen LogP contribution in [0.5, 0.6) is 0 Å². The lowest BCUT2D eigenvalue weighted by molar-refractivity contribution is 0.102. The van der Waals surface area contributed by atoms with Gasteiger partial charge in [-0.15, -0.1) is 10.2 Å². The molecule has 2 aromatic carbocycles. The van der Waals surface area contributed by atoms with Crippen LogP contribution in [0.15, 0.2) is 85.6 Å². The van der Waals surface area contributed by atoms with E-state index in [9.17, 15) is 4.79 Å². The van der Waals surface area contributed by atoms with Crippen LogP contribution in [-0.4, -0.2) is 25.7 Å². The Kier molecular flexibility index (Phi) is 4.22. The number of nitrogens with zero attached hydrogens (tertiary/aromatic N) is 4. The van der Waals surface area contributed by atoms with Crippen molar-refractivity contribution in [1.82, 2.24) is 19.7 Å². The topological polar surface area (TPSA) is 72.7 Å². The molecule has 0 aliphatic rings. The molecule has 0 atom stereocenters. The fourth-order valence-corrected chi connectivity index (χ4v) is 2.58. The Morgan fingerprint density at radius 3 is 2.15 bits per heavy atom. The summed E-state index contributed by atoms with van der Waals surface area (Å²) in [7, 11) is 0. The van der Waals surface area contributed by atoms with Gasteiger partial charge >= 0.3 is 0 Å². The summed E-state index contributed by atoms with van der Waals surface area (Å²) in [6, 6.07) is 21.1. The van der Waals surface area contributed by atoms with Crippen molar-refractivity contribution in [3.8, 4) is 16.9 Å². The molecule has 2 heterocycles. The quantitative estimate of drug-likeness (QED) is 0.616. The zero-order valence-electron chi connectivity index (χ0n) is 13.8. The molecule has 0 saturated heterocycles. The average molecular weight is 341 g/mol. The number of hydrogen-bond acceptors (Lipinski definition) is 4. The number of amides is 1. The Morgan fingerprint density at radius 2 is 1.50 bits per heavy atom. The van der Waals surface area contributed by atoms with Gasteiger partial charge in [0.2, 0.25) is 0 Å². The van der Waals surface area contributed by atoms with Gasteiger partial charge in [0.05, 0.1) is 11.9 Å². The third-order valence-electron chi connectivity index (χ3n) is 3.94. The molecular formula is C20H15N5O. The number of rotatable bonds is 4. The monoisotopic (exact) mass is 341 g/mol. The van der Waals surface area contributed by atoms with Crippen LogP contribution in [0, 0.1) is 0 Å². The van der Waals surface area contributed by atoms with Crippen molar-refractivity contribution < 1.29 is 4.79 Å². The largest absolute Gasteiger partial charge is 0.321 e. The Morgan fingerprint density at radius 1 is 0.808 bits per heavy atom. The highest BCUT2D eigenvalue weighted by Crippen LogP contribution is 2.19. The van der Waals surface area contributed by atoms with Crippen LogP contribution < -0.4 is 5.32 Å². The number of carbonyl (C=O) groups excluding carboxylic acids is 1. The van der Waals surface area contributed by atoms with Gasteiger partial charge in [0, 0.05) is 5.56 Å². The second-order valence-corrected chi connectivity index (χ2v) is 5.67. The fourth-order valence-electron chi connectivity index (χ4n) is 2.58. The molecule has 6 nitrogen and oxygen atoms in total. The molecule has 0 fully saturated rings. The second-order valence-electron chi connectivity index (χ2n) is 5.67. The molecule has 0 radical (unpaired) electrons. The molecule has 4 aromatic rings. The number of pyridine rings is 1. The molecule has 0 saturated carbocycles. The maximum atomic E-state index is 12.4. The lowest BCUT2D eigenvalue weighted by Crippen LogP contribution is -2.12. The fraction of sp³-hybridized carbons (Fsp3) is 0. The predicted molar refractivity (Wildman–Crippen MR) is 99.0 cm³/mol. The van der Waals surface area contributed by atoms with Gasteiger partial charge in [0.25, 0.3) is 5.91 Å². The molecule has 2 aromatic heterocycles. The number of hydrogen-bond donors (Lipinski definition) is 1. The zero-order valence-corrected chi connectivity index (χ0v) is 13.8. The number of anilines is 1. The van der Waals surface area contributed by atoms with E-state index in [-0.39, 0.29) is 5.91 Å². The van der Waals surface area contributed by atoms with E-state index in [4.69, 9.17) is 0 Å². The smallest absolute Gasteiger partial charge is 0.255 e. The SMILES string of the molecule is O=C(Nc1ccc(-n2cnnc2)nc1)c1ccc(-c2ccccc2)cc1. The van der Waals surface area contributed by atoms with Crippen LogP contribution in [-0.2, 0) is 0 Å². The molecule has 0 unspecified atom stereocenters. The maximum absolute atomic E-state index is 12.4. The van der Waals surface area contributed by atoms with E-state index in [1.807, 2.05) is 54.6 Å². The number of carbonyl (C=O) groups is 1. The predicted octanol–water partition coefficient (Wildman–Crippen LogP) is 3.58. The van der Waals surface area contributed by atoms with E-state index in [0.29, 0.717) is 17.1 Å². The summed E-state index contributed by atoms with van der Waals surface area (Å²) in [6.07, 6.45) is 4.73. The van der Waals surface area contributed by atoms with Gasteiger partial charge in [-0.2, -0.15) is 0 Å². The van der Waals surface area contributed by atoms with E-state index in [1.165, 1.54) is 0 Å². The van der Waals surface area contributed by atoms with Gasteiger partial charge in [-0.05, 0) is 35.4 Å². The van der Waals surface area contributed by atoms with Gasteiger partial charge in [-0.1, -0.05) is 42.5 Å². The highest BCUT2D eigenvalue weighted by atomic mass is 16.1. The van der Waals surface area contributed by atoms with Gasteiger partial charge in [-0.25, -0.2) is 4.98 Å². The summed E-state index contributed by atoms with van der Waals surface area (Å²) in [5, 5.41) is 10.3. The normalized spacial score (nSPS) is 10.5. The van der Waals surface area contributed by atoms with Crippen molar-refractivity contribution >= 4 is 11.6 Å². The van der Waals surface area contributed by atoms with E-state index < -0.39 is 0 Å². The molecule has 4 rings (SSSR count). The van der Waals surface area contributed by atoms with E-state index in [1.54, 1.807) is 35.6 Å². The van der Waals surface area contributed by atoms with Crippen LogP contribution >= 0.6 is 0 Å². The van der Waals surface area contributed by atoms with Gasteiger partial charge in [-0.3, -0.25) is 9.36 Å². The molecule has 1 amide bonds. The van der Waals surface area contributed by atoms with Gasteiger partial charge < -0.3 is 5.32 Å². The standard InChI is InChI=1S/C20H15N5O/c26-20(17-8-6-16(7-9-17)15-4-2-1-3-5-15)24-18-10-11-19(21-12-18)25-13-22-23-14-25/h1-14H,(H,24,26). The molecule has 126 valence electrons. The number of nitrogens with one attached hydrogen (secondary N) is 1. The lowest BCUT2D eigenvalue weighted by atomic mass is 10.0. The second kappa shape index (κ2) is 6.98. The minimum Gasteiger partial charge on any atom is -0.321 e. The summed E-state index contributed by atoms with van der Waals surface area (Å²) >= 11 is 0. The van der Waals surface area contributed by atoms with Crippen molar-refractivity contribution in [3.63, 3.8) is 0 Å². The van der Waals surface area contributed by atoms with Gasteiger partial charge in [0.1, 0.15) is 18.5 Å². The molecular weight excluding hydrogens is 326 g/mol. The third-order valence-corrected chi connectivity index (χ3v) is 3.94. The summed E-state index contributed by atoms with van der Waals surface area (Å²) < 4.78 is 1.69. The Balaban J connectivity index is 1.46. The first-order valence-electron chi connectivity index (χ1n) is 8.07. The van der Waals surface area contributed by atoms with Crippen LogP contribution in [0.3, 0.4) is 0 Å². The van der Waals surface area contributed by atoms with Crippen molar-refractivity contribution in [3.05, 3.63) is 91.1 Å². The van der Waals surface area contributed by atoms with Crippen molar-refractivity contribution in [2.45, 2.75) is 0 Å². The first kappa shape index (κ1) is 15.7. The van der Waals surface area contributed by atoms with Gasteiger partial charge in [0.15, 0.2) is 0 Å². The molecule has 1 N–H and O–H groups in total. The maximum Gasteiger partial charge on any atom is 0.255 e. The van der Waals surface area contributed by atoms with E-state index in [0.717, 1.165) is 11.1 Å². The average Bonchev–Trinajstić information content (AvgIpc) is 3.24. The summed E-state index contributed by atoms with van der Waals surface area (Å²) in [5.74, 6) is 0.503. The molecule has 0 spiro atoms. The number of aromatic nitrogens is 4. The summed E-state index contributed by atoms with van der Waals surface area (Å²) in [6.45, 7) is 0. The highest BCUT2D eigenvalue weighted by Gasteiger charge is 2.07. The minimum atomic E-state index is -0.177. The summed E-state index contributed by atoms with van der Waals surface area (Å²) in [5.41, 5.74) is 3.40. The number of benzene rings is 2. The van der Waals surface area contributed by atoms with Crippen LogP contribution in [0.2, 0.25) is 0 Å². The summed E-state index contributed by atoms with van der Waals surface area (Å²) in [4.78, 5) is 16.7. The van der Waals surface area contributed by atoms with Crippen molar-refractivity contribution in [2.24, 2.45) is 0 Å². The first-order valence-corrected chi connectivity index (χ1v) is 8.07. The van der Waals surface area contributed by atoms with Crippen molar-refractivity contribution in [2.75, 3.05) is 5.32 Å². The lowest BCUT2D eigenvalue weighted by Gasteiger charge is -2.07. The van der Waals surface area contributed by atoms with E-state index >= 15 is 0 Å². The molecule has 26 heavy (non-hydrogen) atoms. The van der Waals surface area contributed by atoms with Crippen LogP contribution in [0.4, 0.5) is 5.69 Å². The van der Waals surface area contributed by atoms with E-state index in [2.05, 4.69) is 20.5 Å². The molecule has 0 aliphatic carbocycles. The molecule has 0 bridgehead atoms. The minimum absolute atomic E-state index is 0.177. The Hall–Kier alpha value is -3.80. The molecule has 6 heteroatoms. The third kappa shape index (κ3) is 3.34. The first-order chi connectivity index (χ1) is 12.8. The van der Waals surface area contributed by atoms with Crippen molar-refractivity contribution in [1.29, 1.82) is 0 Å². The van der Waals surface area contributed by atoms with Crippen LogP contribution in [0.1, 0.15) is 10.4 Å².